The highest BCUT2D eigenvalue weighted by Crippen LogP contribution is 2.33. The van der Waals surface area contributed by atoms with E-state index in [1.165, 1.54) is 12.7 Å². The third-order valence-electron chi connectivity index (χ3n) is 9.94. The molecular formula is C35H54N4O6S. The lowest BCUT2D eigenvalue weighted by atomic mass is 9.81. The number of benzene rings is 1. The van der Waals surface area contributed by atoms with E-state index >= 15 is 0 Å². The molecule has 0 radical (unpaired) electrons. The third kappa shape index (κ3) is 10.1. The van der Waals surface area contributed by atoms with Crippen molar-refractivity contribution in [3.63, 3.8) is 0 Å². The van der Waals surface area contributed by atoms with Gasteiger partial charge in [0.25, 0.3) is 0 Å². The smallest absolute Gasteiger partial charge is 0.243 e. The van der Waals surface area contributed by atoms with Gasteiger partial charge in [-0.25, -0.2) is 13.4 Å². The lowest BCUT2D eigenvalue weighted by Crippen LogP contribution is -2.57. The number of aromatic nitrogens is 2. The van der Waals surface area contributed by atoms with Crippen LogP contribution in [0.5, 0.6) is 0 Å². The van der Waals surface area contributed by atoms with Crippen LogP contribution in [-0.2, 0) is 32.3 Å². The molecule has 256 valence electrons. The molecule has 2 aliphatic carbocycles. The molecule has 11 heteroatoms. The van der Waals surface area contributed by atoms with E-state index in [-0.39, 0.29) is 24.5 Å². The fourth-order valence-electron chi connectivity index (χ4n) is 6.92. The molecule has 4 rings (SSSR count). The summed E-state index contributed by atoms with van der Waals surface area (Å²) in [5, 5.41) is 28.5. The van der Waals surface area contributed by atoms with Crippen molar-refractivity contribution in [3.05, 3.63) is 54.1 Å². The molecule has 0 saturated heterocycles. The van der Waals surface area contributed by atoms with Gasteiger partial charge >= 0.3 is 0 Å². The van der Waals surface area contributed by atoms with Gasteiger partial charge < -0.3 is 25.8 Å². The molecule has 0 aliphatic heterocycles. The maximum Gasteiger partial charge on any atom is 0.243 e. The topological polar surface area (TPSA) is 161 Å². The van der Waals surface area contributed by atoms with Gasteiger partial charge in [0.1, 0.15) is 12.1 Å². The van der Waals surface area contributed by atoms with E-state index in [2.05, 4.69) is 20.6 Å². The molecule has 0 spiro atoms. The van der Waals surface area contributed by atoms with Gasteiger partial charge in [-0.1, -0.05) is 75.3 Å². The Balaban J connectivity index is 1.57. The normalized spacial score (nSPS) is 20.0. The first kappa shape index (κ1) is 36.1. The lowest BCUT2D eigenvalue weighted by Gasteiger charge is -2.35. The van der Waals surface area contributed by atoms with Crippen molar-refractivity contribution < 1.29 is 28.2 Å². The monoisotopic (exact) mass is 658 g/mol. The number of aliphatic hydroxyl groups excluding tert-OH is 2. The molecule has 2 aliphatic rings. The van der Waals surface area contributed by atoms with Gasteiger partial charge in [-0.15, -0.1) is 0 Å². The van der Waals surface area contributed by atoms with Crippen molar-refractivity contribution in [2.75, 3.05) is 5.75 Å². The molecule has 1 aromatic heterocycles. The first-order valence-electron chi connectivity index (χ1n) is 17.0. The summed E-state index contributed by atoms with van der Waals surface area (Å²) >= 11 is 0. The molecule has 5 N–H and O–H groups in total. The highest BCUT2D eigenvalue weighted by Gasteiger charge is 2.39. The minimum atomic E-state index is -3.67. The zero-order valence-electron chi connectivity index (χ0n) is 27.7. The molecule has 2 fully saturated rings. The number of hydrogen-bond donors (Lipinski definition) is 5. The summed E-state index contributed by atoms with van der Waals surface area (Å²) in [5.41, 5.74) is 1.37. The van der Waals surface area contributed by atoms with Crippen LogP contribution in [0.3, 0.4) is 0 Å². The summed E-state index contributed by atoms with van der Waals surface area (Å²) in [7, 11) is -3.67. The van der Waals surface area contributed by atoms with Crippen LogP contribution in [0.2, 0.25) is 0 Å². The van der Waals surface area contributed by atoms with E-state index in [1.54, 1.807) is 27.0 Å². The number of imidazole rings is 1. The second-order valence-electron chi connectivity index (χ2n) is 14.5. The standard InChI is InChI=1S/C35H54N4O6S/c1-35(2,3)46(44,45)22-27(18-24-12-6-4-7-13-24)33(42)39-30(20-28-21-36-23-37-28)34(43)38-29(19-25-14-8-5-9-15-25)32(41)31(40)26-16-10-11-17-26/h4,6-7,12-13,21,23,25-27,29-32,40-41H,5,8-11,14-20,22H2,1-3H3,(H,36,37)(H,38,43)(H,39,42)/t27-,29+,30+,31+,32-/m1/s1. The number of amides is 2. The van der Waals surface area contributed by atoms with Crippen molar-refractivity contribution >= 4 is 21.7 Å². The number of sulfone groups is 1. The summed E-state index contributed by atoms with van der Waals surface area (Å²) in [5.74, 6) is -2.03. The van der Waals surface area contributed by atoms with Crippen molar-refractivity contribution in [2.45, 2.75) is 127 Å². The summed E-state index contributed by atoms with van der Waals surface area (Å²) in [6.07, 6.45) is 11.0. The Labute approximate surface area is 274 Å². The maximum absolute atomic E-state index is 14.1. The Kier molecular flexibility index (Phi) is 12.8. The molecule has 0 bridgehead atoms. The number of H-pyrrole nitrogens is 1. The van der Waals surface area contributed by atoms with Crippen molar-refractivity contribution in [2.24, 2.45) is 17.8 Å². The number of nitrogens with zero attached hydrogens (tertiary/aromatic N) is 1. The second-order valence-corrected chi connectivity index (χ2v) is 17.3. The molecule has 5 atom stereocenters. The number of nitrogens with one attached hydrogen (secondary N) is 3. The lowest BCUT2D eigenvalue weighted by molar-refractivity contribution is -0.132. The molecular weight excluding hydrogens is 604 g/mol. The Morgan fingerprint density at radius 1 is 0.935 bits per heavy atom. The zero-order chi connectivity index (χ0) is 33.3. The van der Waals surface area contributed by atoms with Crippen LogP contribution in [0.15, 0.2) is 42.9 Å². The van der Waals surface area contributed by atoms with E-state index in [4.69, 9.17) is 0 Å². The molecule has 46 heavy (non-hydrogen) atoms. The van der Waals surface area contributed by atoms with E-state index in [9.17, 15) is 28.2 Å². The highest BCUT2D eigenvalue weighted by molar-refractivity contribution is 7.92. The third-order valence-corrected chi connectivity index (χ3v) is 12.6. The Morgan fingerprint density at radius 3 is 2.20 bits per heavy atom. The SMILES string of the molecule is CC(C)(C)S(=O)(=O)C[C@@H](Cc1ccccc1)C(=O)N[C@@H](Cc1c[nH]cn1)C(=O)N[C@@H](CC1CCCCC1)[C@@H](O)[C@@H](O)C1CCCC1. The van der Waals surface area contributed by atoms with E-state index in [1.807, 2.05) is 30.3 Å². The Bertz CT molecular complexity index is 1330. The van der Waals surface area contributed by atoms with Gasteiger partial charge in [0, 0.05) is 12.6 Å². The maximum atomic E-state index is 14.1. The number of rotatable bonds is 15. The van der Waals surface area contributed by atoms with Crippen LogP contribution < -0.4 is 10.6 Å². The van der Waals surface area contributed by atoms with Crippen molar-refractivity contribution in [1.29, 1.82) is 0 Å². The number of aromatic amines is 1. The van der Waals surface area contributed by atoms with Gasteiger partial charge in [0.2, 0.25) is 11.8 Å². The van der Waals surface area contributed by atoms with Crippen LogP contribution in [0.1, 0.15) is 96.2 Å². The van der Waals surface area contributed by atoms with Gasteiger partial charge in [-0.3, -0.25) is 9.59 Å². The van der Waals surface area contributed by atoms with Crippen LogP contribution in [0.4, 0.5) is 0 Å². The molecule has 1 heterocycles. The molecule has 2 aromatic rings. The van der Waals surface area contributed by atoms with Crippen LogP contribution in [0.25, 0.3) is 0 Å². The first-order valence-corrected chi connectivity index (χ1v) is 18.7. The summed E-state index contributed by atoms with van der Waals surface area (Å²) in [6.45, 7) is 4.85. The second kappa shape index (κ2) is 16.4. The summed E-state index contributed by atoms with van der Waals surface area (Å²) in [4.78, 5) is 35.1. The van der Waals surface area contributed by atoms with Crippen molar-refractivity contribution in [1.82, 2.24) is 20.6 Å². The quantitative estimate of drug-likeness (QED) is 0.194. The average molecular weight is 659 g/mol. The molecule has 2 amide bonds. The number of aliphatic hydroxyl groups is 2. The molecule has 2 saturated carbocycles. The fraction of sp³-hybridized carbons (Fsp3) is 0.686. The first-order chi connectivity index (χ1) is 21.8. The van der Waals surface area contributed by atoms with E-state index in [0.29, 0.717) is 18.0 Å². The number of hydrogen-bond acceptors (Lipinski definition) is 7. The Morgan fingerprint density at radius 2 is 1.59 bits per heavy atom. The van der Waals surface area contributed by atoms with Crippen molar-refractivity contribution in [3.8, 4) is 0 Å². The number of carbonyl (C=O) groups is 2. The van der Waals surface area contributed by atoms with E-state index in [0.717, 1.165) is 56.9 Å². The minimum absolute atomic E-state index is 0.0103. The summed E-state index contributed by atoms with van der Waals surface area (Å²) in [6, 6.07) is 7.48. The molecule has 1 aromatic carbocycles. The Hall–Kier alpha value is -2.76. The largest absolute Gasteiger partial charge is 0.390 e. The van der Waals surface area contributed by atoms with Crippen LogP contribution in [-0.4, -0.2) is 75.2 Å². The highest BCUT2D eigenvalue weighted by atomic mass is 32.2. The fourth-order valence-corrected chi connectivity index (χ4v) is 8.22. The van der Waals surface area contributed by atoms with Crippen LogP contribution >= 0.6 is 0 Å². The predicted molar refractivity (Wildman–Crippen MR) is 178 cm³/mol. The van der Waals surface area contributed by atoms with Gasteiger partial charge in [0.05, 0.1) is 40.6 Å². The zero-order valence-corrected chi connectivity index (χ0v) is 28.5. The van der Waals surface area contributed by atoms with Gasteiger partial charge in [0.15, 0.2) is 9.84 Å². The minimum Gasteiger partial charge on any atom is -0.390 e. The van der Waals surface area contributed by atoms with Crippen LogP contribution in [0, 0.1) is 17.8 Å². The van der Waals surface area contributed by atoms with Gasteiger partial charge in [-0.2, -0.15) is 0 Å². The summed E-state index contributed by atoms with van der Waals surface area (Å²) < 4.78 is 25.5. The van der Waals surface area contributed by atoms with E-state index < -0.39 is 56.6 Å². The number of carbonyl (C=O) groups excluding carboxylic acids is 2. The molecule has 0 unspecified atom stereocenters. The van der Waals surface area contributed by atoms with Gasteiger partial charge in [-0.05, 0) is 63.9 Å². The average Bonchev–Trinajstić information content (AvgIpc) is 3.75. The predicted octanol–water partition coefficient (Wildman–Crippen LogP) is 3.88. The molecule has 10 nitrogen and oxygen atoms in total.